The Morgan fingerprint density at radius 2 is 1.95 bits per heavy atom. The van der Waals surface area contributed by atoms with Gasteiger partial charge in [-0.2, -0.15) is 0 Å². The van der Waals surface area contributed by atoms with Crippen LogP contribution < -0.4 is 5.73 Å². The zero-order chi connectivity index (χ0) is 13.7. The number of carbonyl (C=O) groups excluding carboxylic acids is 1. The average Bonchev–Trinajstić information content (AvgIpc) is 2.45. The maximum atomic E-state index is 12.3. The van der Waals surface area contributed by atoms with Gasteiger partial charge in [0.15, 0.2) is 0 Å². The van der Waals surface area contributed by atoms with Crippen LogP contribution in [-0.2, 0) is 9.53 Å². The van der Waals surface area contributed by atoms with E-state index in [0.29, 0.717) is 18.6 Å². The Hall–Kier alpha value is -0.320. The molecular formula is C15H29ClN2O2. The van der Waals surface area contributed by atoms with Gasteiger partial charge in [0.1, 0.15) is 6.61 Å². The zero-order valence-electron chi connectivity index (χ0n) is 12.6. The highest BCUT2D eigenvalue weighted by Gasteiger charge is 2.29. The summed E-state index contributed by atoms with van der Waals surface area (Å²) in [4.78, 5) is 14.2. The second-order valence-corrected chi connectivity index (χ2v) is 6.18. The minimum atomic E-state index is 0. The third-order valence-corrected chi connectivity index (χ3v) is 4.57. The van der Waals surface area contributed by atoms with Gasteiger partial charge in [-0.15, -0.1) is 12.4 Å². The Kier molecular flexibility index (Phi) is 7.85. The van der Waals surface area contributed by atoms with E-state index in [2.05, 4.69) is 6.92 Å². The summed E-state index contributed by atoms with van der Waals surface area (Å²) in [7, 11) is 0. The lowest BCUT2D eigenvalue weighted by atomic mass is 9.92. The van der Waals surface area contributed by atoms with Crippen LogP contribution in [0, 0.1) is 5.92 Å². The van der Waals surface area contributed by atoms with Crippen LogP contribution in [0.4, 0.5) is 0 Å². The minimum Gasteiger partial charge on any atom is -0.368 e. The summed E-state index contributed by atoms with van der Waals surface area (Å²) in [6.45, 7) is 3.90. The molecule has 0 aromatic carbocycles. The lowest BCUT2D eigenvalue weighted by Gasteiger charge is -2.38. The van der Waals surface area contributed by atoms with Crippen molar-refractivity contribution in [1.29, 1.82) is 0 Å². The highest BCUT2D eigenvalue weighted by molar-refractivity contribution is 5.85. The molecule has 0 spiro atoms. The van der Waals surface area contributed by atoms with Crippen molar-refractivity contribution in [1.82, 2.24) is 4.90 Å². The number of hydrogen-bond donors (Lipinski definition) is 1. The second kappa shape index (κ2) is 8.85. The predicted octanol–water partition coefficient (Wildman–Crippen LogP) is 2.34. The molecule has 5 heteroatoms. The molecule has 2 fully saturated rings. The summed E-state index contributed by atoms with van der Waals surface area (Å²) < 4.78 is 5.79. The van der Waals surface area contributed by atoms with Gasteiger partial charge in [0.2, 0.25) is 5.91 Å². The molecule has 4 nitrogen and oxygen atoms in total. The molecule has 1 saturated heterocycles. The standard InChI is InChI=1S/C15H28N2O2.ClH/c1-12-7-8-17(13(9-12)10-16)15(18)11-19-14-5-3-2-4-6-14;/h12-14H,2-11,16H2,1H3;1H. The maximum Gasteiger partial charge on any atom is 0.248 e. The lowest BCUT2D eigenvalue weighted by Crippen LogP contribution is -2.50. The van der Waals surface area contributed by atoms with Gasteiger partial charge in [-0.1, -0.05) is 26.2 Å². The monoisotopic (exact) mass is 304 g/mol. The topological polar surface area (TPSA) is 55.6 Å². The van der Waals surface area contributed by atoms with Crippen molar-refractivity contribution in [2.75, 3.05) is 19.7 Å². The average molecular weight is 305 g/mol. The van der Waals surface area contributed by atoms with E-state index in [1.54, 1.807) is 0 Å². The number of piperidine rings is 1. The summed E-state index contributed by atoms with van der Waals surface area (Å²) in [6.07, 6.45) is 8.45. The van der Waals surface area contributed by atoms with E-state index in [-0.39, 0.29) is 31.0 Å². The molecule has 1 amide bonds. The normalized spacial score (nSPS) is 28.0. The Bertz CT molecular complexity index is 296. The summed E-state index contributed by atoms with van der Waals surface area (Å²) in [6, 6.07) is 0.214. The molecule has 118 valence electrons. The number of carbonyl (C=O) groups is 1. The van der Waals surface area contributed by atoms with Crippen LogP contribution in [0.2, 0.25) is 0 Å². The Morgan fingerprint density at radius 1 is 1.25 bits per heavy atom. The molecule has 1 saturated carbocycles. The SMILES string of the molecule is CC1CCN(C(=O)COC2CCCCC2)C(CN)C1.Cl. The summed E-state index contributed by atoms with van der Waals surface area (Å²) >= 11 is 0. The predicted molar refractivity (Wildman–Crippen MR) is 83.0 cm³/mol. The van der Waals surface area contributed by atoms with Crippen molar-refractivity contribution < 1.29 is 9.53 Å². The Morgan fingerprint density at radius 3 is 2.60 bits per heavy atom. The number of ether oxygens (including phenoxy) is 1. The molecule has 20 heavy (non-hydrogen) atoms. The lowest BCUT2D eigenvalue weighted by molar-refractivity contribution is -0.143. The van der Waals surface area contributed by atoms with E-state index in [1.165, 1.54) is 19.3 Å². The fraction of sp³-hybridized carbons (Fsp3) is 0.933. The highest BCUT2D eigenvalue weighted by atomic mass is 35.5. The Labute approximate surface area is 128 Å². The molecule has 0 bridgehead atoms. The van der Waals surface area contributed by atoms with Crippen molar-refractivity contribution in [2.24, 2.45) is 11.7 Å². The van der Waals surface area contributed by atoms with E-state index in [9.17, 15) is 4.79 Å². The molecule has 2 rings (SSSR count). The third-order valence-electron chi connectivity index (χ3n) is 4.57. The van der Waals surface area contributed by atoms with Gasteiger partial charge >= 0.3 is 0 Å². The van der Waals surface area contributed by atoms with Gasteiger partial charge in [0, 0.05) is 19.1 Å². The van der Waals surface area contributed by atoms with E-state index < -0.39 is 0 Å². The van der Waals surface area contributed by atoms with Crippen molar-refractivity contribution in [3.63, 3.8) is 0 Å². The van der Waals surface area contributed by atoms with Crippen molar-refractivity contribution in [2.45, 2.75) is 64.0 Å². The number of nitrogens with zero attached hydrogens (tertiary/aromatic N) is 1. The minimum absolute atomic E-state index is 0. The van der Waals surface area contributed by atoms with Crippen LogP contribution in [0.5, 0.6) is 0 Å². The zero-order valence-corrected chi connectivity index (χ0v) is 13.4. The first-order valence-electron chi connectivity index (χ1n) is 7.82. The van der Waals surface area contributed by atoms with Crippen LogP contribution >= 0.6 is 12.4 Å². The molecule has 0 aromatic heterocycles. The second-order valence-electron chi connectivity index (χ2n) is 6.18. The van der Waals surface area contributed by atoms with Gasteiger partial charge in [-0.25, -0.2) is 0 Å². The number of amides is 1. The van der Waals surface area contributed by atoms with E-state index in [0.717, 1.165) is 32.2 Å². The van der Waals surface area contributed by atoms with Crippen molar-refractivity contribution in [3.8, 4) is 0 Å². The summed E-state index contributed by atoms with van der Waals surface area (Å²) in [5, 5.41) is 0. The molecule has 2 N–H and O–H groups in total. The molecular weight excluding hydrogens is 276 g/mol. The van der Waals surface area contributed by atoms with Crippen LogP contribution in [0.3, 0.4) is 0 Å². The molecule has 2 aliphatic rings. The molecule has 1 heterocycles. The number of rotatable bonds is 4. The van der Waals surface area contributed by atoms with E-state index >= 15 is 0 Å². The van der Waals surface area contributed by atoms with Gasteiger partial charge in [0.25, 0.3) is 0 Å². The molecule has 1 aliphatic carbocycles. The smallest absolute Gasteiger partial charge is 0.248 e. The first-order chi connectivity index (χ1) is 9.20. The summed E-state index contributed by atoms with van der Waals surface area (Å²) in [5.41, 5.74) is 5.80. The van der Waals surface area contributed by atoms with Gasteiger partial charge in [-0.3, -0.25) is 4.79 Å². The van der Waals surface area contributed by atoms with Crippen molar-refractivity contribution in [3.05, 3.63) is 0 Å². The number of hydrogen-bond acceptors (Lipinski definition) is 3. The largest absolute Gasteiger partial charge is 0.368 e. The first-order valence-corrected chi connectivity index (χ1v) is 7.82. The fourth-order valence-corrected chi connectivity index (χ4v) is 3.31. The van der Waals surface area contributed by atoms with Gasteiger partial charge in [-0.05, 0) is 31.6 Å². The molecule has 0 radical (unpaired) electrons. The molecule has 2 atom stereocenters. The van der Waals surface area contributed by atoms with E-state index in [4.69, 9.17) is 10.5 Å². The van der Waals surface area contributed by atoms with Crippen LogP contribution in [0.25, 0.3) is 0 Å². The number of halogens is 1. The Balaban J connectivity index is 0.00000200. The van der Waals surface area contributed by atoms with Crippen molar-refractivity contribution >= 4 is 18.3 Å². The first kappa shape index (κ1) is 17.7. The van der Waals surface area contributed by atoms with E-state index in [1.807, 2.05) is 4.90 Å². The molecule has 2 unspecified atom stereocenters. The molecule has 0 aromatic rings. The molecule has 1 aliphatic heterocycles. The summed E-state index contributed by atoms with van der Waals surface area (Å²) in [5.74, 6) is 0.810. The number of likely N-dealkylation sites (tertiary alicyclic amines) is 1. The quantitative estimate of drug-likeness (QED) is 0.867. The highest BCUT2D eigenvalue weighted by Crippen LogP contribution is 2.23. The van der Waals surface area contributed by atoms with Crippen LogP contribution in [0.1, 0.15) is 51.9 Å². The van der Waals surface area contributed by atoms with Crippen LogP contribution in [-0.4, -0.2) is 42.6 Å². The van der Waals surface area contributed by atoms with Crippen LogP contribution in [0.15, 0.2) is 0 Å². The van der Waals surface area contributed by atoms with Gasteiger partial charge in [0.05, 0.1) is 6.10 Å². The van der Waals surface area contributed by atoms with Gasteiger partial charge < -0.3 is 15.4 Å². The fourth-order valence-electron chi connectivity index (χ4n) is 3.31. The number of nitrogens with two attached hydrogens (primary N) is 1. The maximum absolute atomic E-state index is 12.3. The third kappa shape index (κ3) is 4.90.